The summed E-state index contributed by atoms with van der Waals surface area (Å²) in [6, 6.07) is 13.7. The lowest BCUT2D eigenvalue weighted by atomic mass is 9.95. The number of carboxylic acids is 1. The van der Waals surface area contributed by atoms with Crippen molar-refractivity contribution in [1.29, 1.82) is 0 Å². The van der Waals surface area contributed by atoms with Crippen LogP contribution < -0.4 is 10.1 Å². The van der Waals surface area contributed by atoms with E-state index in [4.69, 9.17) is 9.84 Å². The van der Waals surface area contributed by atoms with Crippen molar-refractivity contribution in [2.75, 3.05) is 25.5 Å². The molecule has 1 aliphatic heterocycles. The van der Waals surface area contributed by atoms with Gasteiger partial charge in [-0.15, -0.1) is 0 Å². The quantitative estimate of drug-likeness (QED) is 0.783. The average Bonchev–Trinajstić information content (AvgIpc) is 2.74. The maximum atomic E-state index is 12.6. The van der Waals surface area contributed by atoms with Crippen LogP contribution in [0.25, 0.3) is 0 Å². The molecule has 29 heavy (non-hydrogen) atoms. The number of hydrogen-bond donors (Lipinski definition) is 2. The summed E-state index contributed by atoms with van der Waals surface area (Å²) in [7, 11) is 1.56. The Morgan fingerprint density at radius 2 is 1.83 bits per heavy atom. The minimum atomic E-state index is -1.01. The highest BCUT2D eigenvalue weighted by Crippen LogP contribution is 2.26. The van der Waals surface area contributed by atoms with Crippen LogP contribution in [0.3, 0.4) is 0 Å². The molecule has 2 amide bonds. The second kappa shape index (κ2) is 9.23. The summed E-state index contributed by atoms with van der Waals surface area (Å²) in [6.45, 7) is 1.00. The van der Waals surface area contributed by atoms with Gasteiger partial charge in [0, 0.05) is 19.0 Å². The highest BCUT2D eigenvalue weighted by atomic mass is 16.5. The largest absolute Gasteiger partial charge is 0.495 e. The first-order chi connectivity index (χ1) is 14.0. The molecule has 0 radical (unpaired) electrons. The van der Waals surface area contributed by atoms with Crippen LogP contribution in [0.4, 0.5) is 5.69 Å². The van der Waals surface area contributed by atoms with E-state index in [-0.39, 0.29) is 29.7 Å². The van der Waals surface area contributed by atoms with Crippen molar-refractivity contribution in [3.8, 4) is 5.75 Å². The molecule has 1 aliphatic rings. The van der Waals surface area contributed by atoms with Gasteiger partial charge in [-0.05, 0) is 42.7 Å². The number of amides is 2. The number of carbonyl (C=O) groups is 3. The Morgan fingerprint density at radius 1 is 1.10 bits per heavy atom. The summed E-state index contributed by atoms with van der Waals surface area (Å²) in [6.07, 6.45) is 1.32. The Bertz CT molecular complexity index is 904. The molecule has 1 heterocycles. The van der Waals surface area contributed by atoms with Crippen LogP contribution in [0.1, 0.15) is 28.8 Å². The second-order valence-electron chi connectivity index (χ2n) is 7.03. The van der Waals surface area contributed by atoms with Crippen LogP contribution in [-0.4, -0.2) is 48.0 Å². The third kappa shape index (κ3) is 5.13. The van der Waals surface area contributed by atoms with Crippen molar-refractivity contribution in [1.82, 2.24) is 4.90 Å². The summed E-state index contributed by atoms with van der Waals surface area (Å²) in [5.74, 6) is -0.704. The van der Waals surface area contributed by atoms with Crippen molar-refractivity contribution >= 4 is 23.5 Å². The number of ether oxygens (including phenoxy) is 1. The first kappa shape index (κ1) is 20.4. The summed E-state index contributed by atoms with van der Waals surface area (Å²) in [5, 5.41) is 12.0. The van der Waals surface area contributed by atoms with E-state index in [0.29, 0.717) is 42.9 Å². The van der Waals surface area contributed by atoms with Gasteiger partial charge in [0.05, 0.1) is 24.8 Å². The Kier molecular flexibility index (Phi) is 6.49. The highest BCUT2D eigenvalue weighted by Gasteiger charge is 2.27. The average molecular weight is 396 g/mol. The lowest BCUT2D eigenvalue weighted by Crippen LogP contribution is -2.42. The van der Waals surface area contributed by atoms with Gasteiger partial charge in [0.2, 0.25) is 11.8 Å². The van der Waals surface area contributed by atoms with E-state index in [2.05, 4.69) is 5.32 Å². The molecule has 0 bridgehead atoms. The predicted octanol–water partition coefficient (Wildman–Crippen LogP) is 2.81. The van der Waals surface area contributed by atoms with Crippen LogP contribution >= 0.6 is 0 Å². The molecular formula is C22H24N2O5. The van der Waals surface area contributed by atoms with Gasteiger partial charge in [-0.25, -0.2) is 4.79 Å². The minimum Gasteiger partial charge on any atom is -0.495 e. The van der Waals surface area contributed by atoms with Gasteiger partial charge < -0.3 is 20.1 Å². The molecule has 7 heteroatoms. The van der Waals surface area contributed by atoms with E-state index in [1.165, 1.54) is 12.1 Å². The third-order valence-corrected chi connectivity index (χ3v) is 5.11. The monoisotopic (exact) mass is 396 g/mol. The van der Waals surface area contributed by atoms with E-state index in [1.54, 1.807) is 36.3 Å². The number of nitrogens with zero attached hydrogens (tertiary/aromatic N) is 1. The van der Waals surface area contributed by atoms with Gasteiger partial charge in [-0.1, -0.05) is 24.3 Å². The highest BCUT2D eigenvalue weighted by molar-refractivity contribution is 5.94. The number of methoxy groups -OCH3 is 1. The molecule has 1 saturated heterocycles. The Balaban J connectivity index is 1.53. The number of piperidine rings is 1. The van der Waals surface area contributed by atoms with Crippen LogP contribution in [0.5, 0.6) is 5.75 Å². The van der Waals surface area contributed by atoms with Gasteiger partial charge in [0.15, 0.2) is 0 Å². The fourth-order valence-electron chi connectivity index (χ4n) is 3.47. The molecule has 0 aromatic heterocycles. The van der Waals surface area contributed by atoms with Crippen LogP contribution in [-0.2, 0) is 16.0 Å². The maximum absolute atomic E-state index is 12.6. The van der Waals surface area contributed by atoms with E-state index in [1.807, 2.05) is 12.1 Å². The standard InChI is InChI=1S/C22H24N2O5/c1-29-19-8-3-2-7-18(19)23-21(26)16-9-11-24(12-10-16)20(25)14-15-5-4-6-17(13-15)22(27)28/h2-8,13,16H,9-12,14H2,1H3,(H,23,26)(H,27,28). The lowest BCUT2D eigenvalue weighted by molar-refractivity contribution is -0.133. The molecule has 7 nitrogen and oxygen atoms in total. The number of carboxylic acid groups (broad SMARTS) is 1. The summed E-state index contributed by atoms with van der Waals surface area (Å²) in [5.41, 5.74) is 1.48. The molecule has 2 N–H and O–H groups in total. The van der Waals surface area contributed by atoms with Crippen LogP contribution in [0, 0.1) is 5.92 Å². The number of rotatable bonds is 6. The molecule has 0 saturated carbocycles. The fourth-order valence-corrected chi connectivity index (χ4v) is 3.47. The molecule has 152 valence electrons. The fraction of sp³-hybridized carbons (Fsp3) is 0.318. The number of nitrogens with one attached hydrogen (secondary N) is 1. The third-order valence-electron chi connectivity index (χ3n) is 5.11. The Labute approximate surface area is 169 Å². The van der Waals surface area contributed by atoms with E-state index in [0.717, 1.165) is 0 Å². The first-order valence-corrected chi connectivity index (χ1v) is 9.52. The number of carbonyl (C=O) groups excluding carboxylic acids is 2. The van der Waals surface area contributed by atoms with E-state index >= 15 is 0 Å². The van der Waals surface area contributed by atoms with E-state index < -0.39 is 5.97 Å². The van der Waals surface area contributed by atoms with Crippen LogP contribution in [0.15, 0.2) is 48.5 Å². The number of likely N-dealkylation sites (tertiary alicyclic amines) is 1. The van der Waals surface area contributed by atoms with Crippen molar-refractivity contribution < 1.29 is 24.2 Å². The molecule has 0 atom stereocenters. The number of para-hydroxylation sites is 2. The minimum absolute atomic E-state index is 0.0591. The number of anilines is 1. The number of benzene rings is 2. The predicted molar refractivity (Wildman–Crippen MR) is 108 cm³/mol. The zero-order valence-electron chi connectivity index (χ0n) is 16.3. The van der Waals surface area contributed by atoms with Crippen LogP contribution in [0.2, 0.25) is 0 Å². The van der Waals surface area contributed by atoms with Crippen molar-refractivity contribution in [3.63, 3.8) is 0 Å². The smallest absolute Gasteiger partial charge is 0.335 e. The van der Waals surface area contributed by atoms with Crippen molar-refractivity contribution in [2.24, 2.45) is 5.92 Å². The zero-order chi connectivity index (χ0) is 20.8. The topological polar surface area (TPSA) is 95.9 Å². The summed E-state index contributed by atoms with van der Waals surface area (Å²) >= 11 is 0. The van der Waals surface area contributed by atoms with E-state index in [9.17, 15) is 14.4 Å². The first-order valence-electron chi connectivity index (χ1n) is 9.52. The number of hydrogen-bond acceptors (Lipinski definition) is 4. The molecule has 0 unspecified atom stereocenters. The molecular weight excluding hydrogens is 372 g/mol. The second-order valence-corrected chi connectivity index (χ2v) is 7.03. The molecule has 3 rings (SSSR count). The molecule has 0 aliphatic carbocycles. The van der Waals surface area contributed by atoms with Gasteiger partial charge in [0.1, 0.15) is 5.75 Å². The van der Waals surface area contributed by atoms with Gasteiger partial charge in [0.25, 0.3) is 0 Å². The van der Waals surface area contributed by atoms with Gasteiger partial charge in [-0.2, -0.15) is 0 Å². The van der Waals surface area contributed by atoms with Crippen molar-refractivity contribution in [3.05, 3.63) is 59.7 Å². The Hall–Kier alpha value is -3.35. The molecule has 1 fully saturated rings. The maximum Gasteiger partial charge on any atom is 0.335 e. The molecule has 2 aromatic carbocycles. The number of aromatic carboxylic acids is 1. The summed E-state index contributed by atoms with van der Waals surface area (Å²) < 4.78 is 5.26. The normalized spacial score (nSPS) is 14.3. The molecule has 0 spiro atoms. The van der Waals surface area contributed by atoms with Gasteiger partial charge >= 0.3 is 5.97 Å². The zero-order valence-corrected chi connectivity index (χ0v) is 16.3. The lowest BCUT2D eigenvalue weighted by Gasteiger charge is -2.31. The van der Waals surface area contributed by atoms with Gasteiger partial charge in [-0.3, -0.25) is 9.59 Å². The SMILES string of the molecule is COc1ccccc1NC(=O)C1CCN(C(=O)Cc2cccc(C(=O)O)c2)CC1. The van der Waals surface area contributed by atoms with Crippen molar-refractivity contribution in [2.45, 2.75) is 19.3 Å². The summed E-state index contributed by atoms with van der Waals surface area (Å²) in [4.78, 5) is 37.9. The molecule has 2 aromatic rings. The Morgan fingerprint density at radius 3 is 2.52 bits per heavy atom.